The SMILES string of the molecule is Cc1cccc(Cn2cc(C(=O)c3ccc(C)c(C)c3)c(=O)c3nc(C)ccc32)n1. The van der Waals surface area contributed by atoms with E-state index in [0.717, 1.165) is 28.2 Å². The number of hydrogen-bond acceptors (Lipinski definition) is 4. The van der Waals surface area contributed by atoms with Gasteiger partial charge in [0.25, 0.3) is 0 Å². The number of aromatic nitrogens is 3. The topological polar surface area (TPSA) is 64.8 Å². The first-order valence-electron chi connectivity index (χ1n) is 9.89. The van der Waals surface area contributed by atoms with E-state index in [0.29, 0.717) is 23.1 Å². The van der Waals surface area contributed by atoms with Gasteiger partial charge in [0.2, 0.25) is 5.43 Å². The number of benzene rings is 1. The summed E-state index contributed by atoms with van der Waals surface area (Å²) in [4.78, 5) is 35.5. The molecular formula is C25H23N3O2. The lowest BCUT2D eigenvalue weighted by Crippen LogP contribution is -2.21. The summed E-state index contributed by atoms with van der Waals surface area (Å²) in [5.74, 6) is -0.292. The van der Waals surface area contributed by atoms with Crippen molar-refractivity contribution in [2.24, 2.45) is 0 Å². The number of ketones is 1. The van der Waals surface area contributed by atoms with Gasteiger partial charge in [-0.25, -0.2) is 4.98 Å². The monoisotopic (exact) mass is 397 g/mol. The molecule has 1 aromatic carbocycles. The summed E-state index contributed by atoms with van der Waals surface area (Å²) in [6, 6.07) is 15.1. The molecule has 0 saturated heterocycles. The molecular weight excluding hydrogens is 374 g/mol. The smallest absolute Gasteiger partial charge is 0.218 e. The van der Waals surface area contributed by atoms with Gasteiger partial charge in [-0.2, -0.15) is 0 Å². The highest BCUT2D eigenvalue weighted by Crippen LogP contribution is 2.17. The standard InChI is InChI=1S/C25H23N3O2/c1-15-8-10-19(12-16(15)2)24(29)21-14-28(13-20-7-5-6-17(3)26-20)22-11-9-18(4)27-23(22)25(21)30/h5-12,14H,13H2,1-4H3. The van der Waals surface area contributed by atoms with E-state index in [4.69, 9.17) is 0 Å². The zero-order valence-corrected chi connectivity index (χ0v) is 17.6. The van der Waals surface area contributed by atoms with E-state index in [1.807, 2.05) is 74.7 Å². The number of carbonyl (C=O) groups excluding carboxylic acids is 1. The van der Waals surface area contributed by atoms with Crippen molar-refractivity contribution in [2.45, 2.75) is 34.2 Å². The molecule has 0 saturated carbocycles. The van der Waals surface area contributed by atoms with Crippen LogP contribution in [0.4, 0.5) is 0 Å². The number of pyridine rings is 3. The first-order chi connectivity index (χ1) is 14.3. The molecule has 0 spiro atoms. The summed E-state index contributed by atoms with van der Waals surface area (Å²) in [5.41, 5.74) is 5.89. The fourth-order valence-corrected chi connectivity index (χ4v) is 3.55. The molecule has 5 nitrogen and oxygen atoms in total. The third-order valence-corrected chi connectivity index (χ3v) is 5.36. The third-order valence-electron chi connectivity index (χ3n) is 5.36. The van der Waals surface area contributed by atoms with Crippen molar-refractivity contribution in [3.63, 3.8) is 0 Å². The predicted octanol–water partition coefficient (Wildman–Crippen LogP) is 4.30. The van der Waals surface area contributed by atoms with Gasteiger partial charge in [0.15, 0.2) is 5.78 Å². The molecule has 0 aliphatic carbocycles. The first kappa shape index (κ1) is 19.7. The van der Waals surface area contributed by atoms with Crippen LogP contribution in [0, 0.1) is 27.7 Å². The Kier molecular flexibility index (Phi) is 5.04. The van der Waals surface area contributed by atoms with E-state index in [9.17, 15) is 9.59 Å². The maximum absolute atomic E-state index is 13.3. The van der Waals surface area contributed by atoms with E-state index in [1.165, 1.54) is 0 Å². The molecule has 5 heteroatoms. The van der Waals surface area contributed by atoms with Crippen molar-refractivity contribution in [1.82, 2.24) is 14.5 Å². The number of rotatable bonds is 4. The van der Waals surface area contributed by atoms with Gasteiger partial charge in [0.05, 0.1) is 23.3 Å². The van der Waals surface area contributed by atoms with Crippen LogP contribution in [0.2, 0.25) is 0 Å². The van der Waals surface area contributed by atoms with Crippen molar-refractivity contribution < 1.29 is 4.79 Å². The quantitative estimate of drug-likeness (QED) is 0.482. The Balaban J connectivity index is 1.91. The van der Waals surface area contributed by atoms with Crippen LogP contribution in [0.3, 0.4) is 0 Å². The number of hydrogen-bond donors (Lipinski definition) is 0. The molecule has 3 aromatic heterocycles. The summed E-state index contributed by atoms with van der Waals surface area (Å²) in [7, 11) is 0. The summed E-state index contributed by atoms with van der Waals surface area (Å²) >= 11 is 0. The highest BCUT2D eigenvalue weighted by atomic mass is 16.1. The molecule has 0 radical (unpaired) electrons. The van der Waals surface area contributed by atoms with Crippen LogP contribution in [0.15, 0.2) is 59.5 Å². The van der Waals surface area contributed by atoms with Gasteiger partial charge < -0.3 is 4.57 Å². The van der Waals surface area contributed by atoms with Gasteiger partial charge >= 0.3 is 0 Å². The fraction of sp³-hybridized carbons (Fsp3) is 0.200. The van der Waals surface area contributed by atoms with Crippen LogP contribution >= 0.6 is 0 Å². The summed E-state index contributed by atoms with van der Waals surface area (Å²) in [6.45, 7) is 8.17. The predicted molar refractivity (Wildman–Crippen MR) is 118 cm³/mol. The average Bonchev–Trinajstić information content (AvgIpc) is 2.71. The highest BCUT2D eigenvalue weighted by molar-refractivity contribution is 6.10. The van der Waals surface area contributed by atoms with Crippen LogP contribution in [-0.2, 0) is 6.54 Å². The summed E-state index contributed by atoms with van der Waals surface area (Å²) < 4.78 is 1.89. The number of fused-ring (bicyclic) bond motifs is 1. The lowest BCUT2D eigenvalue weighted by Gasteiger charge is -2.13. The minimum absolute atomic E-state index is 0.122. The molecule has 0 aliphatic rings. The second kappa shape index (κ2) is 7.67. The van der Waals surface area contributed by atoms with Crippen molar-refractivity contribution in [2.75, 3.05) is 0 Å². The van der Waals surface area contributed by atoms with Gasteiger partial charge in [0, 0.05) is 23.1 Å². The van der Waals surface area contributed by atoms with E-state index in [2.05, 4.69) is 9.97 Å². The number of aryl methyl sites for hydroxylation is 4. The molecule has 150 valence electrons. The van der Waals surface area contributed by atoms with Gasteiger partial charge in [-0.15, -0.1) is 0 Å². The third kappa shape index (κ3) is 3.66. The molecule has 4 aromatic rings. The molecule has 0 unspecified atom stereocenters. The minimum Gasteiger partial charge on any atom is -0.339 e. The molecule has 4 rings (SSSR count). The van der Waals surface area contributed by atoms with E-state index < -0.39 is 0 Å². The van der Waals surface area contributed by atoms with Gasteiger partial charge in [-0.3, -0.25) is 14.6 Å². The van der Waals surface area contributed by atoms with Crippen LogP contribution in [-0.4, -0.2) is 20.3 Å². The molecule has 0 aliphatic heterocycles. The minimum atomic E-state index is -0.342. The van der Waals surface area contributed by atoms with Crippen molar-refractivity contribution in [3.8, 4) is 0 Å². The zero-order valence-electron chi connectivity index (χ0n) is 17.6. The molecule has 0 amide bonds. The number of carbonyl (C=O) groups is 1. The lowest BCUT2D eigenvalue weighted by molar-refractivity contribution is 0.103. The van der Waals surface area contributed by atoms with Crippen LogP contribution in [0.25, 0.3) is 11.0 Å². The van der Waals surface area contributed by atoms with Gasteiger partial charge in [-0.05, 0) is 69.2 Å². The maximum Gasteiger partial charge on any atom is 0.218 e. The Morgan fingerprint density at radius 1 is 0.900 bits per heavy atom. The molecule has 3 heterocycles. The highest BCUT2D eigenvalue weighted by Gasteiger charge is 2.19. The molecule has 0 N–H and O–H groups in total. The average molecular weight is 397 g/mol. The van der Waals surface area contributed by atoms with Crippen LogP contribution in [0.5, 0.6) is 0 Å². The summed E-state index contributed by atoms with van der Waals surface area (Å²) in [6.07, 6.45) is 1.64. The second-order valence-electron chi connectivity index (χ2n) is 7.72. The van der Waals surface area contributed by atoms with Crippen LogP contribution < -0.4 is 5.43 Å². The normalized spacial score (nSPS) is 11.1. The van der Waals surface area contributed by atoms with E-state index in [-0.39, 0.29) is 16.8 Å². The van der Waals surface area contributed by atoms with E-state index >= 15 is 0 Å². The second-order valence-corrected chi connectivity index (χ2v) is 7.72. The molecule has 0 fully saturated rings. The Morgan fingerprint density at radius 3 is 2.40 bits per heavy atom. The molecule has 0 bridgehead atoms. The Hall–Kier alpha value is -3.60. The maximum atomic E-state index is 13.3. The fourth-order valence-electron chi connectivity index (χ4n) is 3.55. The number of nitrogens with zero attached hydrogens (tertiary/aromatic N) is 3. The zero-order chi connectivity index (χ0) is 21.4. The summed E-state index contributed by atoms with van der Waals surface area (Å²) in [5, 5.41) is 0. The van der Waals surface area contributed by atoms with Crippen molar-refractivity contribution in [3.05, 3.63) is 104 Å². The van der Waals surface area contributed by atoms with Crippen LogP contribution in [0.1, 0.15) is 44.1 Å². The first-order valence-corrected chi connectivity index (χ1v) is 9.89. The lowest BCUT2D eigenvalue weighted by atomic mass is 9.99. The Bertz CT molecular complexity index is 1350. The van der Waals surface area contributed by atoms with E-state index in [1.54, 1.807) is 12.3 Å². The largest absolute Gasteiger partial charge is 0.339 e. The molecule has 0 atom stereocenters. The Morgan fingerprint density at radius 2 is 1.67 bits per heavy atom. The van der Waals surface area contributed by atoms with Gasteiger partial charge in [0.1, 0.15) is 5.52 Å². The van der Waals surface area contributed by atoms with Gasteiger partial charge in [-0.1, -0.05) is 18.2 Å². The molecule has 30 heavy (non-hydrogen) atoms. The van der Waals surface area contributed by atoms with Crippen molar-refractivity contribution >= 4 is 16.8 Å². The Labute approximate surface area is 175 Å². The van der Waals surface area contributed by atoms with Crippen molar-refractivity contribution in [1.29, 1.82) is 0 Å².